The summed E-state index contributed by atoms with van der Waals surface area (Å²) in [5, 5.41) is 5.51. The zero-order chi connectivity index (χ0) is 30.5. The van der Waals surface area contributed by atoms with Crippen LogP contribution in [-0.4, -0.2) is 38.2 Å². The van der Waals surface area contributed by atoms with Gasteiger partial charge in [-0.3, -0.25) is 9.78 Å². The van der Waals surface area contributed by atoms with Crippen LogP contribution < -0.4 is 4.90 Å². The molecule has 230 valence electrons. The minimum absolute atomic E-state index is 0.0316. The SMILES string of the molecule is Cc1nc2ccc(-c3cncc(N(CC45CCC(c6noc(C(C)(C)C)n6)(CC4)CC5)C(=O)CC45CC(F)(C4)C5)c3)cc2s1. The van der Waals surface area contributed by atoms with Crippen molar-refractivity contribution in [2.75, 3.05) is 11.4 Å². The molecule has 0 N–H and O–H groups in total. The van der Waals surface area contributed by atoms with E-state index in [9.17, 15) is 9.18 Å². The molecule has 44 heavy (non-hydrogen) atoms. The lowest BCUT2D eigenvalue weighted by Crippen LogP contribution is -2.65. The lowest BCUT2D eigenvalue weighted by atomic mass is 9.41. The monoisotopic (exact) mass is 613 g/mol. The number of fused-ring (bicyclic) bond motifs is 4. The van der Waals surface area contributed by atoms with Crippen LogP contribution in [0.2, 0.25) is 0 Å². The Morgan fingerprint density at radius 2 is 1.70 bits per heavy atom. The third kappa shape index (κ3) is 4.60. The van der Waals surface area contributed by atoms with Crippen molar-refractivity contribution in [1.29, 1.82) is 0 Å². The number of aromatic nitrogens is 4. The fourth-order valence-corrected chi connectivity index (χ4v) is 9.52. The predicted octanol–water partition coefficient (Wildman–Crippen LogP) is 8.25. The first kappa shape index (κ1) is 28.3. The average Bonchev–Trinajstić information content (AvgIpc) is 3.62. The van der Waals surface area contributed by atoms with Crippen molar-refractivity contribution >= 4 is 33.1 Å². The molecule has 3 heterocycles. The lowest BCUT2D eigenvalue weighted by Gasteiger charge is -2.66. The highest BCUT2D eigenvalue weighted by Crippen LogP contribution is 2.71. The standard InChI is InChI=1S/C35H40FN5O2S/c1-22-38-26-6-5-23(14-27(26)44-22)24-13-25(17-37-16-24)41(28(42)15-33-18-35(36,19-33)20-33)21-32-7-10-34(11-8-32,12-9-32)29-39-30(43-40-29)31(2,3)4/h5-6,13-14,16-17H,7-12,15,18-21H2,1-4H3. The van der Waals surface area contributed by atoms with Gasteiger partial charge in [-0.2, -0.15) is 4.98 Å². The number of carbonyl (C=O) groups is 1. The van der Waals surface area contributed by atoms with Gasteiger partial charge in [0.1, 0.15) is 5.67 Å². The molecule has 1 amide bonds. The van der Waals surface area contributed by atoms with E-state index in [0.717, 1.165) is 76.4 Å². The summed E-state index contributed by atoms with van der Waals surface area (Å²) < 4.78 is 21.3. The molecule has 10 rings (SSSR count). The molecule has 4 bridgehead atoms. The highest BCUT2D eigenvalue weighted by Gasteiger charge is 2.69. The normalized spacial score (nSPS) is 30.7. The first-order valence-electron chi connectivity index (χ1n) is 16.0. The largest absolute Gasteiger partial charge is 0.339 e. The van der Waals surface area contributed by atoms with Gasteiger partial charge in [0.15, 0.2) is 5.82 Å². The fraction of sp³-hybridized carbons (Fsp3) is 0.571. The molecule has 0 saturated heterocycles. The molecule has 0 unspecified atom stereocenters. The van der Waals surface area contributed by atoms with Crippen molar-refractivity contribution in [2.45, 2.75) is 108 Å². The molecular formula is C35H40FN5O2S. The van der Waals surface area contributed by atoms with E-state index in [4.69, 9.17) is 9.51 Å². The van der Waals surface area contributed by atoms with E-state index in [1.54, 1.807) is 11.3 Å². The summed E-state index contributed by atoms with van der Waals surface area (Å²) in [6.07, 6.45) is 11.7. The molecule has 0 spiro atoms. The first-order chi connectivity index (χ1) is 20.9. The third-order valence-corrected chi connectivity index (χ3v) is 12.1. The van der Waals surface area contributed by atoms with Crippen LogP contribution >= 0.6 is 11.3 Å². The second kappa shape index (κ2) is 9.41. The number of carbonyl (C=O) groups excluding carboxylic acids is 1. The molecule has 4 aromatic rings. The Morgan fingerprint density at radius 1 is 0.977 bits per heavy atom. The van der Waals surface area contributed by atoms with Gasteiger partial charge in [-0.1, -0.05) is 32.0 Å². The second-order valence-electron chi connectivity index (χ2n) is 15.6. The van der Waals surface area contributed by atoms with Crippen molar-refractivity contribution in [2.24, 2.45) is 10.8 Å². The van der Waals surface area contributed by atoms with Gasteiger partial charge in [0, 0.05) is 35.6 Å². The topological polar surface area (TPSA) is 85.0 Å². The number of nitrogens with zero attached hydrogens (tertiary/aromatic N) is 5. The molecule has 0 aliphatic heterocycles. The minimum atomic E-state index is -1.02. The summed E-state index contributed by atoms with van der Waals surface area (Å²) >= 11 is 1.68. The molecule has 1 aromatic carbocycles. The Labute approximate surface area is 261 Å². The van der Waals surface area contributed by atoms with Crippen LogP contribution in [0, 0.1) is 17.8 Å². The van der Waals surface area contributed by atoms with Crippen LogP contribution in [-0.2, 0) is 15.6 Å². The molecule has 9 heteroatoms. The highest BCUT2D eigenvalue weighted by molar-refractivity contribution is 7.18. The molecule has 3 aromatic heterocycles. The number of rotatable bonds is 7. The second-order valence-corrected chi connectivity index (χ2v) is 16.9. The summed E-state index contributed by atoms with van der Waals surface area (Å²) in [7, 11) is 0. The first-order valence-corrected chi connectivity index (χ1v) is 16.8. The van der Waals surface area contributed by atoms with Gasteiger partial charge >= 0.3 is 0 Å². The fourth-order valence-electron chi connectivity index (χ4n) is 8.66. The van der Waals surface area contributed by atoms with Gasteiger partial charge in [-0.15, -0.1) is 11.3 Å². The van der Waals surface area contributed by atoms with Crippen molar-refractivity contribution in [3.05, 3.63) is 53.4 Å². The number of benzene rings is 1. The van der Waals surface area contributed by atoms with E-state index >= 15 is 0 Å². The smallest absolute Gasteiger partial charge is 0.232 e. The number of aryl methyl sites for hydroxylation is 1. The van der Waals surface area contributed by atoms with Gasteiger partial charge in [-0.25, -0.2) is 9.37 Å². The molecule has 6 aliphatic rings. The maximum atomic E-state index is 14.4. The molecular weight excluding hydrogens is 573 g/mol. The summed E-state index contributed by atoms with van der Waals surface area (Å²) in [6, 6.07) is 8.42. The minimum Gasteiger partial charge on any atom is -0.339 e. The zero-order valence-corrected chi connectivity index (χ0v) is 26.9. The number of amides is 1. The number of thiazole rings is 1. The number of hydrogen-bond acceptors (Lipinski definition) is 7. The molecule has 7 nitrogen and oxygen atoms in total. The summed E-state index contributed by atoms with van der Waals surface area (Å²) in [5.74, 6) is 1.66. The van der Waals surface area contributed by atoms with E-state index < -0.39 is 5.67 Å². The van der Waals surface area contributed by atoms with Crippen LogP contribution in [0.15, 0.2) is 41.2 Å². The molecule has 0 atom stereocenters. The number of alkyl halides is 1. The molecule has 6 fully saturated rings. The Balaban J connectivity index is 1.07. The van der Waals surface area contributed by atoms with Gasteiger partial charge in [0.05, 0.1) is 27.1 Å². The summed E-state index contributed by atoms with van der Waals surface area (Å²) in [4.78, 5) is 30.3. The van der Waals surface area contributed by atoms with Crippen LogP contribution in [0.3, 0.4) is 0 Å². The van der Waals surface area contributed by atoms with Crippen molar-refractivity contribution in [1.82, 2.24) is 20.1 Å². The van der Waals surface area contributed by atoms with Crippen LogP contribution in [0.4, 0.5) is 10.1 Å². The summed E-state index contributed by atoms with van der Waals surface area (Å²) in [5.41, 5.74) is 2.53. The van der Waals surface area contributed by atoms with E-state index in [0.29, 0.717) is 38.1 Å². The molecule has 6 saturated carbocycles. The van der Waals surface area contributed by atoms with Crippen LogP contribution in [0.25, 0.3) is 21.3 Å². The van der Waals surface area contributed by atoms with E-state index in [-0.39, 0.29) is 27.6 Å². The van der Waals surface area contributed by atoms with Crippen molar-refractivity contribution in [3.8, 4) is 11.1 Å². The van der Waals surface area contributed by atoms with Gasteiger partial charge in [0.2, 0.25) is 11.8 Å². The number of hydrogen-bond donors (Lipinski definition) is 0. The molecule has 6 aliphatic carbocycles. The Hall–Kier alpha value is -3.20. The van der Waals surface area contributed by atoms with Gasteiger partial charge < -0.3 is 9.42 Å². The third-order valence-electron chi connectivity index (χ3n) is 11.2. The number of halogens is 1. The molecule has 0 radical (unpaired) electrons. The Morgan fingerprint density at radius 3 is 2.36 bits per heavy atom. The van der Waals surface area contributed by atoms with Crippen molar-refractivity contribution < 1.29 is 13.7 Å². The maximum absolute atomic E-state index is 14.4. The van der Waals surface area contributed by atoms with Crippen LogP contribution in [0.5, 0.6) is 0 Å². The number of pyridine rings is 1. The van der Waals surface area contributed by atoms with E-state index in [1.807, 2.05) is 24.2 Å². The Kier molecular flexibility index (Phi) is 6.05. The maximum Gasteiger partial charge on any atom is 0.232 e. The van der Waals surface area contributed by atoms with Crippen LogP contribution in [0.1, 0.15) is 102 Å². The van der Waals surface area contributed by atoms with Crippen molar-refractivity contribution in [3.63, 3.8) is 0 Å². The lowest BCUT2D eigenvalue weighted by molar-refractivity contribution is -0.215. The van der Waals surface area contributed by atoms with Gasteiger partial charge in [-0.05, 0) is 99.3 Å². The Bertz CT molecular complexity index is 1740. The predicted molar refractivity (Wildman–Crippen MR) is 169 cm³/mol. The van der Waals surface area contributed by atoms with Gasteiger partial charge in [0.25, 0.3) is 0 Å². The quantitative estimate of drug-likeness (QED) is 0.209. The highest BCUT2D eigenvalue weighted by atomic mass is 32.1. The number of anilines is 1. The average molecular weight is 614 g/mol. The summed E-state index contributed by atoms with van der Waals surface area (Å²) in [6.45, 7) is 8.99. The zero-order valence-electron chi connectivity index (χ0n) is 26.1. The van der Waals surface area contributed by atoms with E-state index in [1.165, 1.54) is 0 Å². The van der Waals surface area contributed by atoms with E-state index in [2.05, 4.69) is 60.2 Å².